The third kappa shape index (κ3) is 6.13. The lowest BCUT2D eigenvalue weighted by Crippen LogP contribution is -2.27. The van der Waals surface area contributed by atoms with E-state index in [9.17, 15) is 13.2 Å². The van der Waals surface area contributed by atoms with E-state index in [1.54, 1.807) is 31.4 Å². The number of halogens is 1. The zero-order valence-corrected chi connectivity index (χ0v) is 15.2. The lowest BCUT2D eigenvalue weighted by molar-refractivity contribution is -0.116. The first kappa shape index (κ1) is 19.4. The van der Waals surface area contributed by atoms with Crippen LogP contribution in [-0.4, -0.2) is 28.0 Å². The van der Waals surface area contributed by atoms with Crippen LogP contribution >= 0.6 is 11.6 Å². The minimum atomic E-state index is -3.70. The molecule has 0 saturated carbocycles. The number of ether oxygens (including phenoxy) is 1. The van der Waals surface area contributed by atoms with Gasteiger partial charge in [0.1, 0.15) is 0 Å². The van der Waals surface area contributed by atoms with Gasteiger partial charge in [0.05, 0.1) is 11.5 Å². The van der Waals surface area contributed by atoms with Crippen molar-refractivity contribution in [3.8, 4) is 0 Å². The van der Waals surface area contributed by atoms with Crippen molar-refractivity contribution in [1.82, 2.24) is 4.72 Å². The third-order valence-electron chi connectivity index (χ3n) is 3.27. The summed E-state index contributed by atoms with van der Waals surface area (Å²) in [6, 6.07) is 13.2. The van der Waals surface area contributed by atoms with Crippen LogP contribution in [0.3, 0.4) is 0 Å². The molecule has 0 heterocycles. The summed E-state index contributed by atoms with van der Waals surface area (Å²) in [5, 5.41) is 3.06. The normalized spacial score (nSPS) is 11.3. The van der Waals surface area contributed by atoms with E-state index in [1.165, 1.54) is 12.1 Å². The summed E-state index contributed by atoms with van der Waals surface area (Å²) in [5.41, 5.74) is 1.57. The molecule has 0 aliphatic heterocycles. The number of nitrogens with one attached hydrogen (secondary N) is 2. The highest BCUT2D eigenvalue weighted by molar-refractivity contribution is 7.89. The van der Waals surface area contributed by atoms with Gasteiger partial charge in [-0.25, -0.2) is 13.1 Å². The number of amides is 1. The SMILES string of the molecule is COCc1cccc(NC(=O)CCNS(=O)(=O)c2cccc(Cl)c2)c1. The highest BCUT2D eigenvalue weighted by Gasteiger charge is 2.14. The quantitative estimate of drug-likeness (QED) is 0.735. The van der Waals surface area contributed by atoms with Gasteiger partial charge in [0.2, 0.25) is 15.9 Å². The van der Waals surface area contributed by atoms with Gasteiger partial charge in [-0.3, -0.25) is 4.79 Å². The molecule has 0 saturated heterocycles. The Morgan fingerprint density at radius 1 is 1.16 bits per heavy atom. The third-order valence-corrected chi connectivity index (χ3v) is 4.97. The summed E-state index contributed by atoms with van der Waals surface area (Å²) in [5.74, 6) is -0.289. The maximum absolute atomic E-state index is 12.1. The van der Waals surface area contributed by atoms with Gasteiger partial charge in [-0.2, -0.15) is 0 Å². The van der Waals surface area contributed by atoms with Crippen LogP contribution in [-0.2, 0) is 26.2 Å². The molecule has 0 spiro atoms. The first-order valence-corrected chi connectivity index (χ1v) is 9.40. The Morgan fingerprint density at radius 2 is 1.92 bits per heavy atom. The molecular formula is C17H19ClN2O4S. The van der Waals surface area contributed by atoms with Crippen LogP contribution in [0.25, 0.3) is 0 Å². The van der Waals surface area contributed by atoms with E-state index in [1.807, 2.05) is 12.1 Å². The Kier molecular flexibility index (Phi) is 6.95. The molecule has 6 nitrogen and oxygen atoms in total. The van der Waals surface area contributed by atoms with Crippen LogP contribution in [0.15, 0.2) is 53.4 Å². The minimum Gasteiger partial charge on any atom is -0.380 e. The molecule has 8 heteroatoms. The van der Waals surface area contributed by atoms with Crippen molar-refractivity contribution in [2.75, 3.05) is 19.0 Å². The van der Waals surface area contributed by atoms with Gasteiger partial charge in [0.25, 0.3) is 0 Å². The minimum absolute atomic E-state index is 0.00824. The zero-order chi connectivity index (χ0) is 18.3. The molecule has 2 aromatic rings. The molecule has 134 valence electrons. The van der Waals surface area contributed by atoms with Gasteiger partial charge in [0, 0.05) is 30.8 Å². The summed E-state index contributed by atoms with van der Waals surface area (Å²) >= 11 is 5.80. The van der Waals surface area contributed by atoms with E-state index in [0.29, 0.717) is 17.3 Å². The fourth-order valence-corrected chi connectivity index (χ4v) is 3.48. The van der Waals surface area contributed by atoms with Crippen molar-refractivity contribution in [3.63, 3.8) is 0 Å². The average molecular weight is 383 g/mol. The van der Waals surface area contributed by atoms with Gasteiger partial charge >= 0.3 is 0 Å². The number of sulfonamides is 1. The second-order valence-electron chi connectivity index (χ2n) is 5.29. The lowest BCUT2D eigenvalue weighted by Gasteiger charge is -2.09. The molecular weight excluding hydrogens is 364 g/mol. The number of methoxy groups -OCH3 is 1. The van der Waals surface area contributed by atoms with Crippen LogP contribution in [0, 0.1) is 0 Å². The van der Waals surface area contributed by atoms with Crippen molar-refractivity contribution >= 4 is 33.2 Å². The lowest BCUT2D eigenvalue weighted by atomic mass is 10.2. The van der Waals surface area contributed by atoms with E-state index < -0.39 is 10.0 Å². The second-order valence-corrected chi connectivity index (χ2v) is 7.49. The topological polar surface area (TPSA) is 84.5 Å². The first-order chi connectivity index (χ1) is 11.9. The smallest absolute Gasteiger partial charge is 0.240 e. The van der Waals surface area contributed by atoms with E-state index in [-0.39, 0.29) is 23.8 Å². The van der Waals surface area contributed by atoms with Crippen LogP contribution in [0.5, 0.6) is 0 Å². The molecule has 0 fully saturated rings. The second kappa shape index (κ2) is 8.96. The van der Waals surface area contributed by atoms with Crippen LogP contribution in [0.1, 0.15) is 12.0 Å². The molecule has 25 heavy (non-hydrogen) atoms. The molecule has 0 atom stereocenters. The van der Waals surface area contributed by atoms with E-state index in [2.05, 4.69) is 10.0 Å². The highest BCUT2D eigenvalue weighted by Crippen LogP contribution is 2.15. The number of anilines is 1. The molecule has 0 bridgehead atoms. The van der Waals surface area contributed by atoms with Crippen molar-refractivity contribution in [2.45, 2.75) is 17.9 Å². The number of carbonyl (C=O) groups excluding carboxylic acids is 1. The van der Waals surface area contributed by atoms with Crippen LogP contribution in [0.4, 0.5) is 5.69 Å². The summed E-state index contributed by atoms with van der Waals surface area (Å²) in [7, 11) is -2.10. The summed E-state index contributed by atoms with van der Waals surface area (Å²) in [4.78, 5) is 12.0. The molecule has 0 aromatic heterocycles. The Labute approximate surface area is 152 Å². The van der Waals surface area contributed by atoms with E-state index in [4.69, 9.17) is 16.3 Å². The van der Waals surface area contributed by atoms with Gasteiger partial charge in [-0.1, -0.05) is 29.8 Å². The average Bonchev–Trinajstić information content (AvgIpc) is 2.55. The molecule has 1 amide bonds. The molecule has 2 rings (SSSR count). The van der Waals surface area contributed by atoms with Gasteiger partial charge in [0.15, 0.2) is 0 Å². The summed E-state index contributed by atoms with van der Waals surface area (Å²) in [6.45, 7) is 0.432. The highest BCUT2D eigenvalue weighted by atomic mass is 35.5. The fraction of sp³-hybridized carbons (Fsp3) is 0.235. The number of carbonyl (C=O) groups is 1. The Bertz CT molecular complexity index is 840. The number of rotatable bonds is 8. The Balaban J connectivity index is 1.87. The fourth-order valence-electron chi connectivity index (χ4n) is 2.15. The van der Waals surface area contributed by atoms with Crippen molar-refractivity contribution in [1.29, 1.82) is 0 Å². The van der Waals surface area contributed by atoms with Gasteiger partial charge < -0.3 is 10.1 Å². The maximum Gasteiger partial charge on any atom is 0.240 e. The Morgan fingerprint density at radius 3 is 2.64 bits per heavy atom. The molecule has 2 aromatic carbocycles. The monoisotopic (exact) mass is 382 g/mol. The van der Waals surface area contributed by atoms with Crippen molar-refractivity contribution in [2.24, 2.45) is 0 Å². The number of benzene rings is 2. The number of hydrogen-bond acceptors (Lipinski definition) is 4. The molecule has 0 unspecified atom stereocenters. The van der Waals surface area contributed by atoms with Crippen LogP contribution < -0.4 is 10.0 Å². The standard InChI is InChI=1S/C17H19ClN2O4S/c1-24-12-13-4-2-6-15(10-13)20-17(21)8-9-19-25(22,23)16-7-3-5-14(18)11-16/h2-7,10-11,19H,8-9,12H2,1H3,(H,20,21). The Hall–Kier alpha value is -1.93. The summed E-state index contributed by atoms with van der Waals surface area (Å²) in [6.07, 6.45) is 0.00824. The molecule has 0 radical (unpaired) electrons. The predicted molar refractivity (Wildman–Crippen MR) is 97.0 cm³/mol. The predicted octanol–water partition coefficient (Wildman–Crippen LogP) is 2.79. The van der Waals surface area contributed by atoms with Crippen molar-refractivity contribution in [3.05, 3.63) is 59.1 Å². The largest absolute Gasteiger partial charge is 0.380 e. The van der Waals surface area contributed by atoms with E-state index in [0.717, 1.165) is 5.56 Å². The van der Waals surface area contributed by atoms with E-state index >= 15 is 0 Å². The number of hydrogen-bond donors (Lipinski definition) is 2. The van der Waals surface area contributed by atoms with Gasteiger partial charge in [-0.05, 0) is 35.9 Å². The zero-order valence-electron chi connectivity index (χ0n) is 13.7. The molecule has 0 aliphatic rings. The first-order valence-electron chi connectivity index (χ1n) is 7.54. The van der Waals surface area contributed by atoms with Crippen molar-refractivity contribution < 1.29 is 17.9 Å². The molecule has 2 N–H and O–H groups in total. The van der Waals surface area contributed by atoms with Crippen LogP contribution in [0.2, 0.25) is 5.02 Å². The van der Waals surface area contributed by atoms with Gasteiger partial charge in [-0.15, -0.1) is 0 Å². The molecule has 0 aliphatic carbocycles. The maximum atomic E-state index is 12.1. The summed E-state index contributed by atoms with van der Waals surface area (Å²) < 4.78 is 31.7.